The summed E-state index contributed by atoms with van der Waals surface area (Å²) in [6.45, 7) is 13.7. The molecule has 0 nitrogen and oxygen atoms in total. The molecule has 0 aliphatic heterocycles. The highest BCUT2D eigenvalue weighted by Crippen LogP contribution is 2.53. The zero-order chi connectivity index (χ0) is 34.8. The Morgan fingerprint density at radius 2 is 1.08 bits per heavy atom. The summed E-state index contributed by atoms with van der Waals surface area (Å²) in [4.78, 5) is 0. The standard InChI is InChI=1S/C43H38.C7H8/c1-28-13-9-11-17-36(28)38-26-33(20-19-29(38)2)34-21-22-35(25-31-14-7-6-8-15-31)39(27-34)42-30(3)41-37-18-12-10-16-32(37)23-24-40(41)43(42,4)5;1-7-5-3-2-4-6-7/h6-24,26-27H,25H2,1-5H3;2-6H,1H3. The Morgan fingerprint density at radius 3 is 1.78 bits per heavy atom. The minimum Gasteiger partial charge on any atom is -0.0622 e. The fourth-order valence-corrected chi connectivity index (χ4v) is 7.92. The molecule has 0 N–H and O–H groups in total. The van der Waals surface area contributed by atoms with Crippen LogP contribution in [0.2, 0.25) is 0 Å². The number of rotatable bonds is 5. The number of allylic oxidation sites excluding steroid dienone is 2. The lowest BCUT2D eigenvalue weighted by atomic mass is 9.75. The van der Waals surface area contributed by atoms with Gasteiger partial charge in [-0.25, -0.2) is 0 Å². The zero-order valence-corrected chi connectivity index (χ0v) is 30.2. The molecule has 0 bridgehead atoms. The zero-order valence-electron chi connectivity index (χ0n) is 30.2. The summed E-state index contributed by atoms with van der Waals surface area (Å²) >= 11 is 0. The van der Waals surface area contributed by atoms with Crippen LogP contribution >= 0.6 is 0 Å². The van der Waals surface area contributed by atoms with Gasteiger partial charge in [0, 0.05) is 5.41 Å². The quantitative estimate of drug-likeness (QED) is 0.175. The first-order chi connectivity index (χ1) is 24.2. The van der Waals surface area contributed by atoms with E-state index in [0.717, 1.165) is 6.42 Å². The fourth-order valence-electron chi connectivity index (χ4n) is 7.92. The van der Waals surface area contributed by atoms with Gasteiger partial charge in [-0.3, -0.25) is 0 Å². The Kier molecular flexibility index (Phi) is 9.13. The van der Waals surface area contributed by atoms with Crippen LogP contribution in [-0.4, -0.2) is 0 Å². The molecule has 8 rings (SSSR count). The van der Waals surface area contributed by atoms with Gasteiger partial charge in [-0.05, 0) is 129 Å². The average molecular weight is 647 g/mol. The van der Waals surface area contributed by atoms with Gasteiger partial charge in [-0.2, -0.15) is 0 Å². The molecule has 1 aliphatic carbocycles. The maximum absolute atomic E-state index is 2.47. The lowest BCUT2D eigenvalue weighted by Gasteiger charge is -2.27. The lowest BCUT2D eigenvalue weighted by molar-refractivity contribution is 0.703. The van der Waals surface area contributed by atoms with E-state index in [4.69, 9.17) is 0 Å². The third-order valence-corrected chi connectivity index (χ3v) is 10.5. The Morgan fingerprint density at radius 1 is 0.480 bits per heavy atom. The molecule has 0 amide bonds. The van der Waals surface area contributed by atoms with Crippen LogP contribution in [0.5, 0.6) is 0 Å². The largest absolute Gasteiger partial charge is 0.0622 e. The summed E-state index contributed by atoms with van der Waals surface area (Å²) in [6, 6.07) is 57.5. The highest BCUT2D eigenvalue weighted by atomic mass is 14.4. The molecule has 0 aromatic heterocycles. The predicted molar refractivity (Wildman–Crippen MR) is 217 cm³/mol. The monoisotopic (exact) mass is 646 g/mol. The van der Waals surface area contributed by atoms with Crippen LogP contribution in [0.4, 0.5) is 0 Å². The van der Waals surface area contributed by atoms with Crippen molar-refractivity contribution >= 4 is 21.9 Å². The van der Waals surface area contributed by atoms with Gasteiger partial charge in [0.25, 0.3) is 0 Å². The van der Waals surface area contributed by atoms with Gasteiger partial charge in [0.15, 0.2) is 0 Å². The molecule has 7 aromatic carbocycles. The van der Waals surface area contributed by atoms with E-state index in [9.17, 15) is 0 Å². The Balaban J connectivity index is 0.000000501. The van der Waals surface area contributed by atoms with Gasteiger partial charge >= 0.3 is 0 Å². The van der Waals surface area contributed by atoms with E-state index in [-0.39, 0.29) is 5.41 Å². The van der Waals surface area contributed by atoms with Crippen molar-refractivity contribution in [3.8, 4) is 22.3 Å². The van der Waals surface area contributed by atoms with Crippen LogP contribution in [0.15, 0.2) is 158 Å². The lowest BCUT2D eigenvalue weighted by Crippen LogP contribution is -2.17. The van der Waals surface area contributed by atoms with Crippen LogP contribution in [0, 0.1) is 20.8 Å². The summed E-state index contributed by atoms with van der Waals surface area (Å²) in [5.74, 6) is 0. The number of aryl methyl sites for hydroxylation is 3. The molecule has 246 valence electrons. The topological polar surface area (TPSA) is 0 Å². The molecule has 50 heavy (non-hydrogen) atoms. The predicted octanol–water partition coefficient (Wildman–Crippen LogP) is 13.6. The first-order valence-electron chi connectivity index (χ1n) is 17.8. The molecule has 0 atom stereocenters. The molecule has 0 saturated heterocycles. The van der Waals surface area contributed by atoms with Crippen molar-refractivity contribution in [2.24, 2.45) is 0 Å². The Hall–Kier alpha value is -5.46. The molecular formula is C50H46. The van der Waals surface area contributed by atoms with Gasteiger partial charge in [-0.1, -0.05) is 165 Å². The van der Waals surface area contributed by atoms with Gasteiger partial charge in [0.1, 0.15) is 0 Å². The summed E-state index contributed by atoms with van der Waals surface area (Å²) in [7, 11) is 0. The normalized spacial score (nSPS) is 13.2. The van der Waals surface area contributed by atoms with E-state index in [1.54, 1.807) is 0 Å². The summed E-state index contributed by atoms with van der Waals surface area (Å²) in [5, 5.41) is 2.65. The summed E-state index contributed by atoms with van der Waals surface area (Å²) in [6.07, 6.45) is 0.906. The minimum absolute atomic E-state index is 0.118. The highest BCUT2D eigenvalue weighted by molar-refractivity contribution is 6.09. The van der Waals surface area contributed by atoms with Crippen molar-refractivity contribution in [3.63, 3.8) is 0 Å². The molecule has 0 spiro atoms. The van der Waals surface area contributed by atoms with Crippen LogP contribution in [0.25, 0.3) is 44.2 Å². The van der Waals surface area contributed by atoms with Crippen molar-refractivity contribution in [2.45, 2.75) is 53.4 Å². The van der Waals surface area contributed by atoms with Crippen molar-refractivity contribution in [2.75, 3.05) is 0 Å². The second-order valence-corrected chi connectivity index (χ2v) is 14.4. The molecule has 0 radical (unpaired) electrons. The van der Waals surface area contributed by atoms with Crippen molar-refractivity contribution in [1.29, 1.82) is 0 Å². The first kappa shape index (κ1) is 33.1. The van der Waals surface area contributed by atoms with E-state index in [1.807, 2.05) is 18.2 Å². The smallest absolute Gasteiger partial charge is 0.0161 e. The van der Waals surface area contributed by atoms with E-state index in [2.05, 4.69) is 181 Å². The molecule has 0 heterocycles. The van der Waals surface area contributed by atoms with Crippen LogP contribution in [0.1, 0.15) is 65.3 Å². The van der Waals surface area contributed by atoms with Crippen LogP contribution in [-0.2, 0) is 11.8 Å². The van der Waals surface area contributed by atoms with Gasteiger partial charge < -0.3 is 0 Å². The third-order valence-electron chi connectivity index (χ3n) is 10.5. The van der Waals surface area contributed by atoms with E-state index in [1.165, 1.54) is 88.7 Å². The molecule has 0 unspecified atom stereocenters. The summed E-state index contributed by atoms with van der Waals surface area (Å²) < 4.78 is 0. The Bertz CT molecular complexity index is 2330. The second kappa shape index (κ2) is 13.8. The van der Waals surface area contributed by atoms with Gasteiger partial charge in [0.2, 0.25) is 0 Å². The molecule has 0 heteroatoms. The number of benzene rings is 7. The van der Waals surface area contributed by atoms with Crippen molar-refractivity contribution in [1.82, 2.24) is 0 Å². The van der Waals surface area contributed by atoms with Crippen LogP contribution in [0.3, 0.4) is 0 Å². The first-order valence-corrected chi connectivity index (χ1v) is 17.8. The summed E-state index contributed by atoms with van der Waals surface area (Å²) in [5.41, 5.74) is 18.7. The molecule has 1 aliphatic rings. The molecule has 0 fully saturated rings. The average Bonchev–Trinajstić information content (AvgIpc) is 3.34. The van der Waals surface area contributed by atoms with Crippen molar-refractivity contribution in [3.05, 3.63) is 202 Å². The van der Waals surface area contributed by atoms with E-state index < -0.39 is 0 Å². The van der Waals surface area contributed by atoms with E-state index in [0.29, 0.717) is 0 Å². The maximum Gasteiger partial charge on any atom is 0.0161 e. The van der Waals surface area contributed by atoms with E-state index >= 15 is 0 Å². The highest BCUT2D eigenvalue weighted by Gasteiger charge is 2.38. The van der Waals surface area contributed by atoms with Gasteiger partial charge in [-0.15, -0.1) is 0 Å². The van der Waals surface area contributed by atoms with Crippen LogP contribution < -0.4 is 0 Å². The molecule has 7 aromatic rings. The number of hydrogen-bond acceptors (Lipinski definition) is 0. The molecular weight excluding hydrogens is 601 g/mol. The third kappa shape index (κ3) is 6.35. The second-order valence-electron chi connectivity index (χ2n) is 14.4. The maximum atomic E-state index is 2.47. The Labute approximate surface area is 298 Å². The number of hydrogen-bond donors (Lipinski definition) is 0. The van der Waals surface area contributed by atoms with Crippen molar-refractivity contribution < 1.29 is 0 Å². The SMILES string of the molecule is CC1=C(c2cc(-c3ccc(C)c(-c4ccccc4C)c3)ccc2Cc2ccccc2)C(C)(C)c2ccc3ccccc3c21.Cc1ccccc1. The van der Waals surface area contributed by atoms with Gasteiger partial charge in [0.05, 0.1) is 0 Å². The number of fused-ring (bicyclic) bond motifs is 3. The fraction of sp³-hybridized carbons (Fsp3) is 0.160. The minimum atomic E-state index is -0.118. The molecule has 0 saturated carbocycles.